The highest BCUT2D eigenvalue weighted by Crippen LogP contribution is 2.17. The fourth-order valence-electron chi connectivity index (χ4n) is 6.94. The molecule has 14 nitrogen and oxygen atoms in total. The molecule has 4 N–H and O–H groups in total. The van der Waals surface area contributed by atoms with Crippen molar-refractivity contribution in [2.24, 2.45) is 11.5 Å². The Morgan fingerprint density at radius 3 is 1.10 bits per heavy atom. The third kappa shape index (κ3) is 49.0. The van der Waals surface area contributed by atoms with Crippen molar-refractivity contribution < 1.29 is 82.0 Å². The third-order valence-electron chi connectivity index (χ3n) is 10.7. The zero-order valence-corrected chi connectivity index (χ0v) is 42.9. The normalized spacial score (nSPS) is 11.9. The Kier molecular flexibility index (Phi) is 53.0. The number of hydrogen-bond donors (Lipinski definition) is 2. The Morgan fingerprint density at radius 2 is 0.716 bits per heavy atom. The lowest BCUT2D eigenvalue weighted by Crippen LogP contribution is -3.00. The predicted molar refractivity (Wildman–Crippen MR) is 254 cm³/mol. The summed E-state index contributed by atoms with van der Waals surface area (Å²) in [5.74, 6) is -1.96. The Balaban J connectivity index is -0.0000205. The van der Waals surface area contributed by atoms with E-state index in [2.05, 4.69) is 38.2 Å². The lowest BCUT2D eigenvalue weighted by molar-refractivity contribution is -0.167. The summed E-state index contributed by atoms with van der Waals surface area (Å²) >= 11 is 0. The Morgan fingerprint density at radius 1 is 0.388 bits per heavy atom. The lowest BCUT2D eigenvalue weighted by Gasteiger charge is -2.16. The van der Waals surface area contributed by atoms with E-state index in [1.54, 1.807) is 0 Å². The second kappa shape index (κ2) is 52.2. The first-order valence-electron chi connectivity index (χ1n) is 25.4. The number of carbonyl (C=O) groups is 6. The number of halogens is 2. The van der Waals surface area contributed by atoms with Crippen LogP contribution in [0.25, 0.3) is 0 Å². The van der Waals surface area contributed by atoms with Gasteiger partial charge in [0.2, 0.25) is 6.79 Å². The molecule has 0 aliphatic carbocycles. The van der Waals surface area contributed by atoms with Crippen molar-refractivity contribution in [2.45, 2.75) is 232 Å². The topological polar surface area (TPSA) is 210 Å². The van der Waals surface area contributed by atoms with Crippen LogP contribution in [-0.4, -0.2) is 81.1 Å². The highest BCUT2D eigenvalue weighted by Gasteiger charge is 2.16. The standard InChI is InChI=1S/C51H90N2O12.2ClH/c1-3-5-7-21-29-44(64-50(58)37-27-35-46(54)60-41-39-52)31-23-17-13-9-11-15-19-25-33-48(56)62-43-63-49(57)34-26-20-16-12-10-14-18-24-32-45(30-22-8-6-4-2)65-51(59)38-28-36-47(55)61-42-40-53;;/h17-18,23-24,44-45H,3-16,19-22,25-43,52-53H2,1-2H3;2*1H/p-2/b23-17-,24-18-;;. The number of rotatable bonds is 46. The zero-order chi connectivity index (χ0) is 47.9. The van der Waals surface area contributed by atoms with E-state index in [0.29, 0.717) is 38.5 Å². The average Bonchev–Trinajstić information content (AvgIpc) is 3.28. The quantitative estimate of drug-likeness (QED) is 0.0283. The minimum Gasteiger partial charge on any atom is -1.00 e. The zero-order valence-electron chi connectivity index (χ0n) is 41.4. The van der Waals surface area contributed by atoms with Gasteiger partial charge in [0, 0.05) is 64.5 Å². The van der Waals surface area contributed by atoms with Crippen LogP contribution in [0.3, 0.4) is 0 Å². The van der Waals surface area contributed by atoms with E-state index in [-0.39, 0.29) is 132 Å². The van der Waals surface area contributed by atoms with Gasteiger partial charge in [-0.15, -0.1) is 0 Å². The van der Waals surface area contributed by atoms with Gasteiger partial charge in [-0.2, -0.15) is 0 Å². The molecule has 0 fully saturated rings. The first kappa shape index (κ1) is 68.1. The summed E-state index contributed by atoms with van der Waals surface area (Å²) in [6, 6.07) is 0. The highest BCUT2D eigenvalue weighted by molar-refractivity contribution is 5.73. The summed E-state index contributed by atoms with van der Waals surface area (Å²) in [7, 11) is 0. The number of esters is 6. The van der Waals surface area contributed by atoms with Crippen LogP contribution in [0.4, 0.5) is 0 Å². The minimum absolute atomic E-state index is 0. The summed E-state index contributed by atoms with van der Waals surface area (Å²) in [5.41, 5.74) is 10.7. The van der Waals surface area contributed by atoms with Gasteiger partial charge in [-0.05, 0) is 77.0 Å². The van der Waals surface area contributed by atoms with Gasteiger partial charge in [-0.1, -0.05) is 115 Å². The maximum Gasteiger partial charge on any atom is 0.308 e. The molecule has 0 aliphatic heterocycles. The maximum absolute atomic E-state index is 12.4. The summed E-state index contributed by atoms with van der Waals surface area (Å²) in [5, 5.41) is 0. The fraction of sp³-hybridized carbons (Fsp3) is 0.804. The molecule has 392 valence electrons. The Labute approximate surface area is 416 Å². The summed E-state index contributed by atoms with van der Waals surface area (Å²) in [6.45, 7) is 4.93. The Bertz CT molecular complexity index is 1190. The number of hydrogen-bond acceptors (Lipinski definition) is 14. The maximum atomic E-state index is 12.4. The predicted octanol–water partition coefficient (Wildman–Crippen LogP) is 4.50. The number of carbonyl (C=O) groups excluding carboxylic acids is 6. The largest absolute Gasteiger partial charge is 1.00 e. The molecule has 0 radical (unpaired) electrons. The van der Waals surface area contributed by atoms with Crippen LogP contribution in [0.5, 0.6) is 0 Å². The monoisotopic (exact) mass is 993 g/mol. The lowest BCUT2D eigenvalue weighted by atomic mass is 10.1. The second-order valence-electron chi connectivity index (χ2n) is 16.8. The van der Waals surface area contributed by atoms with Gasteiger partial charge in [0.1, 0.15) is 25.4 Å². The summed E-state index contributed by atoms with van der Waals surface area (Å²) in [4.78, 5) is 72.3. The van der Waals surface area contributed by atoms with E-state index in [4.69, 9.17) is 39.9 Å². The van der Waals surface area contributed by atoms with Crippen LogP contribution in [0.15, 0.2) is 24.3 Å². The highest BCUT2D eigenvalue weighted by atomic mass is 35.5. The molecular weight excluding hydrogens is 903 g/mol. The molecule has 0 heterocycles. The van der Waals surface area contributed by atoms with Crippen molar-refractivity contribution in [1.29, 1.82) is 0 Å². The number of allylic oxidation sites excluding steroid dienone is 2. The molecule has 0 saturated heterocycles. The SMILES string of the molecule is CCCCCCC(C/C=C\CCCCCCCC(=O)OCOC(=O)CCCCCCC/C=C\CC(CCCCCC)OC(=O)CCCC(=O)OCCN)OC(=O)CCCC(=O)OCCN.[Cl-].[Cl-]. The molecule has 0 saturated carbocycles. The van der Waals surface area contributed by atoms with E-state index < -0.39 is 0 Å². The van der Waals surface area contributed by atoms with Gasteiger partial charge in [0.05, 0.1) is 0 Å². The molecule has 2 unspecified atom stereocenters. The van der Waals surface area contributed by atoms with E-state index in [1.807, 2.05) is 0 Å². The molecule has 0 amide bonds. The van der Waals surface area contributed by atoms with Gasteiger partial charge >= 0.3 is 35.8 Å². The first-order valence-corrected chi connectivity index (χ1v) is 25.4. The molecule has 67 heavy (non-hydrogen) atoms. The molecule has 0 spiro atoms. The van der Waals surface area contributed by atoms with Crippen LogP contribution in [0.2, 0.25) is 0 Å². The molecule has 0 aromatic rings. The van der Waals surface area contributed by atoms with Gasteiger partial charge < -0.3 is 64.7 Å². The number of nitrogens with two attached hydrogens (primary N) is 2. The Hall–Kier alpha value is -3.20. The van der Waals surface area contributed by atoms with Gasteiger partial charge in [-0.25, -0.2) is 0 Å². The molecular formula is C51H90Cl2N2O12-2. The van der Waals surface area contributed by atoms with Crippen molar-refractivity contribution >= 4 is 35.8 Å². The van der Waals surface area contributed by atoms with Gasteiger partial charge in [-0.3, -0.25) is 28.8 Å². The second-order valence-corrected chi connectivity index (χ2v) is 16.8. The van der Waals surface area contributed by atoms with Crippen molar-refractivity contribution in [1.82, 2.24) is 0 Å². The van der Waals surface area contributed by atoms with Crippen LogP contribution in [0, 0.1) is 0 Å². The van der Waals surface area contributed by atoms with Crippen LogP contribution in [-0.2, 0) is 57.2 Å². The van der Waals surface area contributed by atoms with Crippen LogP contribution in [0.1, 0.15) is 219 Å². The molecule has 0 bridgehead atoms. The van der Waals surface area contributed by atoms with Gasteiger partial charge in [0.25, 0.3) is 0 Å². The fourth-order valence-corrected chi connectivity index (χ4v) is 6.94. The van der Waals surface area contributed by atoms with E-state index in [9.17, 15) is 28.8 Å². The van der Waals surface area contributed by atoms with Crippen molar-refractivity contribution in [3.8, 4) is 0 Å². The average molecular weight is 994 g/mol. The van der Waals surface area contributed by atoms with Crippen LogP contribution < -0.4 is 36.3 Å². The van der Waals surface area contributed by atoms with Crippen molar-refractivity contribution in [3.63, 3.8) is 0 Å². The smallest absolute Gasteiger partial charge is 0.308 e. The molecule has 16 heteroatoms. The number of ether oxygens (including phenoxy) is 6. The van der Waals surface area contributed by atoms with E-state index >= 15 is 0 Å². The van der Waals surface area contributed by atoms with Crippen molar-refractivity contribution in [2.75, 3.05) is 33.1 Å². The number of unbranched alkanes of at least 4 members (excludes halogenated alkanes) is 16. The van der Waals surface area contributed by atoms with E-state index in [1.165, 1.54) is 0 Å². The summed E-state index contributed by atoms with van der Waals surface area (Å²) < 4.78 is 31.6. The molecule has 2 atom stereocenters. The molecule has 0 rings (SSSR count). The minimum atomic E-state index is -0.358. The molecule has 0 aliphatic rings. The van der Waals surface area contributed by atoms with Gasteiger partial charge in [0.15, 0.2) is 0 Å². The third-order valence-corrected chi connectivity index (χ3v) is 10.7. The first-order chi connectivity index (χ1) is 31.6. The molecule has 0 aromatic carbocycles. The molecule has 0 aromatic heterocycles. The summed E-state index contributed by atoms with van der Waals surface area (Å²) in [6.07, 6.45) is 33.6. The van der Waals surface area contributed by atoms with Crippen LogP contribution >= 0.6 is 0 Å². The van der Waals surface area contributed by atoms with E-state index in [0.717, 1.165) is 141 Å². The van der Waals surface area contributed by atoms with Crippen molar-refractivity contribution in [3.05, 3.63) is 24.3 Å².